The lowest BCUT2D eigenvalue weighted by Crippen LogP contribution is -2.34. The van der Waals surface area contributed by atoms with Gasteiger partial charge in [-0.1, -0.05) is 0 Å². The van der Waals surface area contributed by atoms with E-state index in [-0.39, 0.29) is 0 Å². The number of piperidine rings is 1. The lowest BCUT2D eigenvalue weighted by Gasteiger charge is -2.24. The van der Waals surface area contributed by atoms with Crippen molar-refractivity contribution < 1.29 is 9.84 Å². The van der Waals surface area contributed by atoms with E-state index in [9.17, 15) is 5.11 Å². The van der Waals surface area contributed by atoms with Gasteiger partial charge in [0.25, 0.3) is 0 Å². The van der Waals surface area contributed by atoms with E-state index >= 15 is 0 Å². The molecule has 0 bridgehead atoms. The summed E-state index contributed by atoms with van der Waals surface area (Å²) >= 11 is 0. The van der Waals surface area contributed by atoms with Gasteiger partial charge in [-0.25, -0.2) is 0 Å². The largest absolute Gasteiger partial charge is 0.388 e. The van der Waals surface area contributed by atoms with Crippen LogP contribution in [0.3, 0.4) is 0 Å². The summed E-state index contributed by atoms with van der Waals surface area (Å²) in [4.78, 5) is 0. The average Bonchev–Trinajstić information content (AvgIpc) is 2.04. The molecular weight excluding hydrogens is 166 g/mol. The molecule has 0 saturated carbocycles. The SMILES string of the molecule is CC(C)(O)COCC1CCCNC1. The van der Waals surface area contributed by atoms with E-state index in [1.165, 1.54) is 12.8 Å². The molecule has 1 saturated heterocycles. The predicted octanol–water partition coefficient (Wildman–Crippen LogP) is 0.773. The lowest BCUT2D eigenvalue weighted by atomic mass is 10.0. The normalized spacial score (nSPS) is 24.7. The molecule has 2 N–H and O–H groups in total. The van der Waals surface area contributed by atoms with Gasteiger partial charge in [0.15, 0.2) is 0 Å². The number of rotatable bonds is 4. The first-order valence-electron chi connectivity index (χ1n) is 5.09. The standard InChI is InChI=1S/C10H21NO2/c1-10(2,12)8-13-7-9-4-3-5-11-6-9/h9,11-12H,3-8H2,1-2H3. The van der Waals surface area contributed by atoms with Gasteiger partial charge in [0, 0.05) is 6.54 Å². The lowest BCUT2D eigenvalue weighted by molar-refractivity contribution is -0.0322. The molecule has 1 fully saturated rings. The van der Waals surface area contributed by atoms with E-state index in [4.69, 9.17) is 4.74 Å². The van der Waals surface area contributed by atoms with Crippen LogP contribution in [0.2, 0.25) is 0 Å². The number of nitrogens with one attached hydrogen (secondary N) is 1. The van der Waals surface area contributed by atoms with E-state index < -0.39 is 5.60 Å². The summed E-state index contributed by atoms with van der Waals surface area (Å²) in [5, 5.41) is 12.7. The maximum absolute atomic E-state index is 9.41. The first kappa shape index (κ1) is 11.0. The molecule has 78 valence electrons. The van der Waals surface area contributed by atoms with Crippen LogP contribution in [0.1, 0.15) is 26.7 Å². The van der Waals surface area contributed by atoms with E-state index in [2.05, 4.69) is 5.32 Å². The zero-order valence-electron chi connectivity index (χ0n) is 8.68. The molecule has 1 aliphatic rings. The van der Waals surface area contributed by atoms with Crippen LogP contribution in [0.25, 0.3) is 0 Å². The van der Waals surface area contributed by atoms with E-state index in [0.29, 0.717) is 12.5 Å². The molecule has 0 amide bonds. The number of hydrogen-bond acceptors (Lipinski definition) is 3. The summed E-state index contributed by atoms with van der Waals surface area (Å²) in [6, 6.07) is 0. The van der Waals surface area contributed by atoms with Gasteiger partial charge >= 0.3 is 0 Å². The second-order valence-electron chi connectivity index (χ2n) is 4.54. The molecule has 0 aromatic heterocycles. The van der Waals surface area contributed by atoms with Crippen LogP contribution in [0, 0.1) is 5.92 Å². The summed E-state index contributed by atoms with van der Waals surface area (Å²) in [7, 11) is 0. The summed E-state index contributed by atoms with van der Waals surface area (Å²) in [6.45, 7) is 6.95. The first-order valence-corrected chi connectivity index (χ1v) is 5.09. The molecule has 0 aliphatic carbocycles. The monoisotopic (exact) mass is 187 g/mol. The highest BCUT2D eigenvalue weighted by Crippen LogP contribution is 2.11. The highest BCUT2D eigenvalue weighted by molar-refractivity contribution is 4.69. The molecule has 0 radical (unpaired) electrons. The minimum Gasteiger partial charge on any atom is -0.388 e. The van der Waals surface area contributed by atoms with Gasteiger partial charge in [0.2, 0.25) is 0 Å². The van der Waals surface area contributed by atoms with Crippen LogP contribution >= 0.6 is 0 Å². The van der Waals surface area contributed by atoms with Gasteiger partial charge in [-0.2, -0.15) is 0 Å². The Morgan fingerprint density at radius 3 is 2.85 bits per heavy atom. The fourth-order valence-corrected chi connectivity index (χ4v) is 1.54. The molecule has 0 spiro atoms. The Kier molecular flexibility index (Phi) is 4.16. The summed E-state index contributed by atoms with van der Waals surface area (Å²) in [6.07, 6.45) is 2.50. The Morgan fingerprint density at radius 2 is 2.31 bits per heavy atom. The van der Waals surface area contributed by atoms with Crippen LogP contribution < -0.4 is 5.32 Å². The maximum Gasteiger partial charge on any atom is 0.0824 e. The Labute approximate surface area is 80.5 Å². The zero-order valence-corrected chi connectivity index (χ0v) is 8.68. The van der Waals surface area contributed by atoms with Gasteiger partial charge in [0.1, 0.15) is 0 Å². The van der Waals surface area contributed by atoms with Crippen molar-refractivity contribution in [2.45, 2.75) is 32.3 Å². The molecule has 1 unspecified atom stereocenters. The van der Waals surface area contributed by atoms with Crippen molar-refractivity contribution >= 4 is 0 Å². The molecule has 3 nitrogen and oxygen atoms in total. The first-order chi connectivity index (χ1) is 6.08. The fraction of sp³-hybridized carbons (Fsp3) is 1.00. The van der Waals surface area contributed by atoms with Crippen LogP contribution in [-0.4, -0.2) is 37.0 Å². The van der Waals surface area contributed by atoms with Gasteiger partial charge in [-0.05, 0) is 39.2 Å². The number of aliphatic hydroxyl groups is 1. The molecule has 0 aromatic carbocycles. The van der Waals surface area contributed by atoms with Crippen molar-refractivity contribution in [3.05, 3.63) is 0 Å². The predicted molar refractivity (Wildman–Crippen MR) is 52.7 cm³/mol. The van der Waals surface area contributed by atoms with Crippen molar-refractivity contribution in [2.75, 3.05) is 26.3 Å². The Bertz CT molecular complexity index is 136. The van der Waals surface area contributed by atoms with Crippen molar-refractivity contribution in [1.82, 2.24) is 5.32 Å². The number of ether oxygens (including phenoxy) is 1. The van der Waals surface area contributed by atoms with Crippen LogP contribution in [-0.2, 0) is 4.74 Å². The highest BCUT2D eigenvalue weighted by Gasteiger charge is 2.16. The maximum atomic E-state index is 9.41. The molecule has 0 aromatic rings. The van der Waals surface area contributed by atoms with Crippen molar-refractivity contribution in [2.24, 2.45) is 5.92 Å². The van der Waals surface area contributed by atoms with Gasteiger partial charge in [-0.15, -0.1) is 0 Å². The Balaban J connectivity index is 2.04. The van der Waals surface area contributed by atoms with Crippen molar-refractivity contribution in [3.8, 4) is 0 Å². The Morgan fingerprint density at radius 1 is 1.54 bits per heavy atom. The minimum absolute atomic E-state index is 0.434. The van der Waals surface area contributed by atoms with Crippen molar-refractivity contribution in [3.63, 3.8) is 0 Å². The smallest absolute Gasteiger partial charge is 0.0824 e. The molecular formula is C10H21NO2. The number of hydrogen-bond donors (Lipinski definition) is 2. The van der Waals surface area contributed by atoms with Gasteiger partial charge in [0.05, 0.1) is 18.8 Å². The molecule has 1 heterocycles. The molecule has 1 rings (SSSR count). The summed E-state index contributed by atoms with van der Waals surface area (Å²) in [5.41, 5.74) is -0.692. The van der Waals surface area contributed by atoms with E-state index in [1.807, 2.05) is 0 Å². The summed E-state index contributed by atoms with van der Waals surface area (Å²) in [5.74, 6) is 0.635. The highest BCUT2D eigenvalue weighted by atomic mass is 16.5. The third-order valence-corrected chi connectivity index (χ3v) is 2.21. The second-order valence-corrected chi connectivity index (χ2v) is 4.54. The van der Waals surface area contributed by atoms with Crippen LogP contribution in [0.4, 0.5) is 0 Å². The van der Waals surface area contributed by atoms with E-state index in [0.717, 1.165) is 19.7 Å². The van der Waals surface area contributed by atoms with E-state index in [1.54, 1.807) is 13.8 Å². The second kappa shape index (κ2) is 4.94. The van der Waals surface area contributed by atoms with Gasteiger partial charge in [-0.3, -0.25) is 0 Å². The topological polar surface area (TPSA) is 41.5 Å². The quantitative estimate of drug-likeness (QED) is 0.683. The zero-order chi connectivity index (χ0) is 9.73. The molecule has 1 atom stereocenters. The molecule has 13 heavy (non-hydrogen) atoms. The third kappa shape index (κ3) is 5.24. The molecule has 1 aliphatic heterocycles. The Hall–Kier alpha value is -0.120. The molecule has 3 heteroatoms. The van der Waals surface area contributed by atoms with Gasteiger partial charge < -0.3 is 15.2 Å². The summed E-state index contributed by atoms with van der Waals surface area (Å²) < 4.78 is 5.45. The minimum atomic E-state index is -0.692. The van der Waals surface area contributed by atoms with Crippen LogP contribution in [0.5, 0.6) is 0 Å². The van der Waals surface area contributed by atoms with Crippen LogP contribution in [0.15, 0.2) is 0 Å². The average molecular weight is 187 g/mol. The van der Waals surface area contributed by atoms with Crippen molar-refractivity contribution in [1.29, 1.82) is 0 Å². The fourth-order valence-electron chi connectivity index (χ4n) is 1.54. The third-order valence-electron chi connectivity index (χ3n) is 2.21.